The molecule has 2 aromatic rings. The minimum Gasteiger partial charge on any atom is -0.330 e. The fourth-order valence-electron chi connectivity index (χ4n) is 1.92. The Kier molecular flexibility index (Phi) is 6.07. The Morgan fingerprint density at radius 1 is 1.18 bits per heavy atom. The summed E-state index contributed by atoms with van der Waals surface area (Å²) in [5, 5.41) is 3.80. The number of amides is 2. The van der Waals surface area contributed by atoms with Gasteiger partial charge in [-0.2, -0.15) is 0 Å². The van der Waals surface area contributed by atoms with E-state index in [0.717, 1.165) is 11.1 Å². The third-order valence-electron chi connectivity index (χ3n) is 3.02. The molecule has 1 unspecified atom stereocenters. The van der Waals surface area contributed by atoms with Crippen LogP contribution >= 0.6 is 23.2 Å². The predicted octanol–water partition coefficient (Wildman–Crippen LogP) is 4.49. The van der Waals surface area contributed by atoms with Gasteiger partial charge in [-0.25, -0.2) is 10.3 Å². The molecule has 6 heteroatoms. The molecule has 1 atom stereocenters. The maximum Gasteiger partial charge on any atom is 0.339 e. The van der Waals surface area contributed by atoms with Gasteiger partial charge < -0.3 is 5.32 Å². The molecule has 0 aliphatic carbocycles. The van der Waals surface area contributed by atoms with Crippen molar-refractivity contribution in [1.82, 2.24) is 10.8 Å². The lowest BCUT2D eigenvalue weighted by molar-refractivity contribution is 0.0483. The molecule has 0 heterocycles. The zero-order valence-corrected chi connectivity index (χ0v) is 13.5. The second-order valence-corrected chi connectivity index (χ2v) is 5.58. The molecule has 0 radical (unpaired) electrons. The summed E-state index contributed by atoms with van der Waals surface area (Å²) in [5.41, 5.74) is 4.09. The SMILES string of the molecule is CC(NC(=O)NOCc1ccccc1)c1ccc(Cl)cc1Cl. The maximum absolute atomic E-state index is 11.8. The first-order valence-corrected chi connectivity index (χ1v) is 7.49. The van der Waals surface area contributed by atoms with Crippen LogP contribution in [0.15, 0.2) is 48.5 Å². The number of carbonyl (C=O) groups is 1. The van der Waals surface area contributed by atoms with E-state index in [2.05, 4.69) is 10.8 Å². The van der Waals surface area contributed by atoms with Crippen LogP contribution in [0, 0.1) is 0 Å². The molecule has 2 aromatic carbocycles. The number of carbonyl (C=O) groups excluding carboxylic acids is 1. The molecule has 0 aromatic heterocycles. The van der Waals surface area contributed by atoms with E-state index in [-0.39, 0.29) is 6.04 Å². The van der Waals surface area contributed by atoms with Crippen molar-refractivity contribution in [3.8, 4) is 0 Å². The average molecular weight is 339 g/mol. The van der Waals surface area contributed by atoms with Crippen LogP contribution < -0.4 is 10.8 Å². The molecular formula is C16H16Cl2N2O2. The average Bonchev–Trinajstić information content (AvgIpc) is 2.48. The van der Waals surface area contributed by atoms with E-state index in [1.165, 1.54) is 0 Å². The van der Waals surface area contributed by atoms with Crippen LogP contribution in [-0.2, 0) is 11.4 Å². The first kappa shape index (κ1) is 16.6. The Morgan fingerprint density at radius 2 is 1.91 bits per heavy atom. The summed E-state index contributed by atoms with van der Waals surface area (Å²) in [7, 11) is 0. The minimum atomic E-state index is -0.436. The predicted molar refractivity (Wildman–Crippen MR) is 87.8 cm³/mol. The van der Waals surface area contributed by atoms with Gasteiger partial charge in [0.15, 0.2) is 0 Å². The summed E-state index contributed by atoms with van der Waals surface area (Å²) in [4.78, 5) is 16.9. The number of benzene rings is 2. The Balaban J connectivity index is 1.81. The van der Waals surface area contributed by atoms with E-state index in [1.54, 1.807) is 18.2 Å². The number of hydrogen-bond donors (Lipinski definition) is 2. The number of nitrogens with one attached hydrogen (secondary N) is 2. The van der Waals surface area contributed by atoms with Gasteiger partial charge in [0.25, 0.3) is 0 Å². The van der Waals surface area contributed by atoms with Crippen LogP contribution in [0.3, 0.4) is 0 Å². The summed E-state index contributed by atoms with van der Waals surface area (Å²) in [6.07, 6.45) is 0. The first-order valence-electron chi connectivity index (χ1n) is 6.73. The molecule has 0 aliphatic heterocycles. The fraction of sp³-hybridized carbons (Fsp3) is 0.188. The van der Waals surface area contributed by atoms with Crippen molar-refractivity contribution < 1.29 is 9.63 Å². The van der Waals surface area contributed by atoms with Gasteiger partial charge in [-0.1, -0.05) is 59.6 Å². The van der Waals surface area contributed by atoms with Crippen LogP contribution in [0.1, 0.15) is 24.1 Å². The largest absolute Gasteiger partial charge is 0.339 e. The lowest BCUT2D eigenvalue weighted by atomic mass is 10.1. The molecule has 0 saturated heterocycles. The number of urea groups is 1. The number of hydrogen-bond acceptors (Lipinski definition) is 2. The second kappa shape index (κ2) is 8.03. The topological polar surface area (TPSA) is 50.4 Å². The van der Waals surface area contributed by atoms with E-state index in [9.17, 15) is 4.79 Å². The van der Waals surface area contributed by atoms with Crippen LogP contribution in [0.2, 0.25) is 10.0 Å². The Morgan fingerprint density at radius 3 is 2.59 bits per heavy atom. The molecule has 0 saturated carbocycles. The van der Waals surface area contributed by atoms with Gasteiger partial charge in [0.05, 0.1) is 12.6 Å². The van der Waals surface area contributed by atoms with E-state index in [0.29, 0.717) is 16.7 Å². The van der Waals surface area contributed by atoms with E-state index in [4.69, 9.17) is 28.0 Å². The van der Waals surface area contributed by atoms with Crippen molar-refractivity contribution in [3.63, 3.8) is 0 Å². The smallest absolute Gasteiger partial charge is 0.330 e. The normalized spacial score (nSPS) is 11.8. The molecule has 2 amide bonds. The van der Waals surface area contributed by atoms with Gasteiger partial charge in [0.1, 0.15) is 0 Å². The molecule has 0 aliphatic rings. The molecule has 0 bridgehead atoms. The van der Waals surface area contributed by atoms with Crippen LogP contribution in [0.5, 0.6) is 0 Å². The highest BCUT2D eigenvalue weighted by molar-refractivity contribution is 6.35. The monoisotopic (exact) mass is 338 g/mol. The van der Waals surface area contributed by atoms with E-state index in [1.807, 2.05) is 37.3 Å². The molecule has 0 spiro atoms. The molecule has 116 valence electrons. The summed E-state index contributed by atoms with van der Waals surface area (Å²) >= 11 is 12.0. The molecule has 0 fully saturated rings. The van der Waals surface area contributed by atoms with Gasteiger partial charge >= 0.3 is 6.03 Å². The van der Waals surface area contributed by atoms with Gasteiger partial charge in [-0.3, -0.25) is 4.84 Å². The van der Waals surface area contributed by atoms with Crippen molar-refractivity contribution >= 4 is 29.2 Å². The van der Waals surface area contributed by atoms with Gasteiger partial charge in [0, 0.05) is 10.0 Å². The maximum atomic E-state index is 11.8. The van der Waals surface area contributed by atoms with Crippen molar-refractivity contribution in [1.29, 1.82) is 0 Å². The molecule has 2 rings (SSSR count). The zero-order chi connectivity index (χ0) is 15.9. The zero-order valence-electron chi connectivity index (χ0n) is 12.0. The van der Waals surface area contributed by atoms with Crippen molar-refractivity contribution in [2.75, 3.05) is 0 Å². The lowest BCUT2D eigenvalue weighted by Gasteiger charge is -2.16. The summed E-state index contributed by atoms with van der Waals surface area (Å²) in [5.74, 6) is 0. The van der Waals surface area contributed by atoms with E-state index >= 15 is 0 Å². The Bertz CT molecular complexity index is 635. The van der Waals surface area contributed by atoms with Crippen molar-refractivity contribution in [2.45, 2.75) is 19.6 Å². The second-order valence-electron chi connectivity index (χ2n) is 4.74. The molecule has 22 heavy (non-hydrogen) atoms. The summed E-state index contributed by atoms with van der Waals surface area (Å²) in [6.45, 7) is 2.12. The number of hydroxylamine groups is 1. The molecule has 4 nitrogen and oxygen atoms in total. The highest BCUT2D eigenvalue weighted by Crippen LogP contribution is 2.25. The third-order valence-corrected chi connectivity index (χ3v) is 3.59. The van der Waals surface area contributed by atoms with Crippen LogP contribution in [-0.4, -0.2) is 6.03 Å². The van der Waals surface area contributed by atoms with Crippen molar-refractivity contribution in [2.24, 2.45) is 0 Å². The Hall–Kier alpha value is -1.75. The van der Waals surface area contributed by atoms with Gasteiger partial charge in [-0.05, 0) is 30.2 Å². The summed E-state index contributed by atoms with van der Waals surface area (Å²) in [6, 6.07) is 14.0. The van der Waals surface area contributed by atoms with Crippen molar-refractivity contribution in [3.05, 3.63) is 69.7 Å². The number of rotatable bonds is 5. The van der Waals surface area contributed by atoms with Gasteiger partial charge in [-0.15, -0.1) is 0 Å². The fourth-order valence-corrected chi connectivity index (χ4v) is 2.49. The Labute approximate surface area is 139 Å². The number of halogens is 2. The third kappa shape index (κ3) is 4.91. The molecule has 2 N–H and O–H groups in total. The highest BCUT2D eigenvalue weighted by Gasteiger charge is 2.12. The van der Waals surface area contributed by atoms with E-state index < -0.39 is 6.03 Å². The standard InChI is InChI=1S/C16H16Cl2N2O2/c1-11(14-8-7-13(17)9-15(14)18)19-16(21)20-22-10-12-5-3-2-4-6-12/h2-9,11H,10H2,1H3,(H2,19,20,21). The van der Waals surface area contributed by atoms with Crippen LogP contribution in [0.4, 0.5) is 4.79 Å². The lowest BCUT2D eigenvalue weighted by Crippen LogP contribution is -2.37. The summed E-state index contributed by atoms with van der Waals surface area (Å²) < 4.78 is 0. The highest BCUT2D eigenvalue weighted by atomic mass is 35.5. The first-order chi connectivity index (χ1) is 10.6. The quantitative estimate of drug-likeness (QED) is 0.789. The van der Waals surface area contributed by atoms with Gasteiger partial charge in [0.2, 0.25) is 0 Å². The minimum absolute atomic E-state index is 0.273. The van der Waals surface area contributed by atoms with Crippen LogP contribution in [0.25, 0.3) is 0 Å². The molecular weight excluding hydrogens is 323 g/mol.